The summed E-state index contributed by atoms with van der Waals surface area (Å²) in [6.45, 7) is 11.4. The lowest BCUT2D eigenvalue weighted by molar-refractivity contribution is 0.166. The number of rotatable bonds is 5. The first-order valence-electron chi connectivity index (χ1n) is 6.41. The number of hydrogen-bond acceptors (Lipinski definition) is 2. The second-order valence-corrected chi connectivity index (χ2v) is 6.02. The molecule has 2 fully saturated rings. The van der Waals surface area contributed by atoms with Crippen LogP contribution in [0.4, 0.5) is 0 Å². The van der Waals surface area contributed by atoms with Crippen LogP contribution >= 0.6 is 0 Å². The predicted octanol–water partition coefficient (Wildman–Crippen LogP) is 2.29. The fraction of sp³-hybridized carbons (Fsp3) is 1.00. The Balaban J connectivity index is 1.69. The molecule has 1 heterocycles. The van der Waals surface area contributed by atoms with Crippen LogP contribution in [-0.4, -0.2) is 26.3 Å². The first-order valence-corrected chi connectivity index (χ1v) is 6.41. The highest BCUT2D eigenvalue weighted by Gasteiger charge is 2.54. The van der Waals surface area contributed by atoms with Crippen LogP contribution in [0.15, 0.2) is 0 Å². The Hall–Kier alpha value is -0.0800. The van der Waals surface area contributed by atoms with E-state index < -0.39 is 0 Å². The van der Waals surface area contributed by atoms with Gasteiger partial charge in [-0.15, -0.1) is 0 Å². The molecule has 3 atom stereocenters. The maximum Gasteiger partial charge on any atom is 0.0500 e. The fourth-order valence-electron chi connectivity index (χ4n) is 2.88. The molecule has 3 unspecified atom stereocenters. The van der Waals surface area contributed by atoms with E-state index in [1.165, 1.54) is 19.4 Å². The normalized spacial score (nSPS) is 40.0. The van der Waals surface area contributed by atoms with E-state index in [0.29, 0.717) is 5.41 Å². The van der Waals surface area contributed by atoms with Crippen molar-refractivity contribution in [1.82, 2.24) is 5.32 Å². The maximum absolute atomic E-state index is 5.49. The highest BCUT2D eigenvalue weighted by Crippen LogP contribution is 2.59. The molecule has 0 aromatic rings. The van der Waals surface area contributed by atoms with Gasteiger partial charge in [0.15, 0.2) is 0 Å². The van der Waals surface area contributed by atoms with E-state index in [2.05, 4.69) is 26.1 Å². The molecule has 0 spiro atoms. The zero-order valence-corrected chi connectivity index (χ0v) is 10.4. The van der Waals surface area contributed by atoms with Crippen molar-refractivity contribution in [2.24, 2.45) is 23.2 Å². The highest BCUT2D eigenvalue weighted by atomic mass is 16.5. The lowest BCUT2D eigenvalue weighted by atomic mass is 9.88. The smallest absolute Gasteiger partial charge is 0.0500 e. The van der Waals surface area contributed by atoms with E-state index in [0.717, 1.165) is 37.5 Å². The SMILES string of the molecule is CC(C)CNCC1CC1(C)C1CCOC1. The second-order valence-electron chi connectivity index (χ2n) is 6.02. The Morgan fingerprint density at radius 3 is 2.87 bits per heavy atom. The van der Waals surface area contributed by atoms with Gasteiger partial charge in [-0.2, -0.15) is 0 Å². The Morgan fingerprint density at radius 2 is 2.27 bits per heavy atom. The molecular weight excluding hydrogens is 186 g/mol. The molecule has 0 radical (unpaired) electrons. The highest BCUT2D eigenvalue weighted by molar-refractivity contribution is 5.04. The van der Waals surface area contributed by atoms with Crippen molar-refractivity contribution in [2.75, 3.05) is 26.3 Å². The van der Waals surface area contributed by atoms with Crippen LogP contribution in [0.5, 0.6) is 0 Å². The third kappa shape index (κ3) is 2.54. The van der Waals surface area contributed by atoms with Crippen LogP contribution in [0.2, 0.25) is 0 Å². The molecule has 1 aliphatic carbocycles. The molecule has 1 saturated heterocycles. The zero-order chi connectivity index (χ0) is 10.9. The summed E-state index contributed by atoms with van der Waals surface area (Å²) in [5.41, 5.74) is 0.598. The standard InChI is InChI=1S/C13H25NO/c1-10(2)7-14-8-12-6-13(12,3)11-4-5-15-9-11/h10-12,14H,4-9H2,1-3H3. The van der Waals surface area contributed by atoms with Crippen LogP contribution in [0.25, 0.3) is 0 Å². The van der Waals surface area contributed by atoms with E-state index in [-0.39, 0.29) is 0 Å². The van der Waals surface area contributed by atoms with Crippen molar-refractivity contribution >= 4 is 0 Å². The lowest BCUT2D eigenvalue weighted by Crippen LogP contribution is -2.25. The number of hydrogen-bond donors (Lipinski definition) is 1. The molecule has 0 bridgehead atoms. The largest absolute Gasteiger partial charge is 0.381 e. The topological polar surface area (TPSA) is 21.3 Å². The van der Waals surface area contributed by atoms with Gasteiger partial charge >= 0.3 is 0 Å². The minimum atomic E-state index is 0.598. The molecule has 2 aliphatic rings. The molecule has 1 aliphatic heterocycles. The molecule has 2 heteroatoms. The third-order valence-corrected chi connectivity index (χ3v) is 4.26. The van der Waals surface area contributed by atoms with Crippen molar-refractivity contribution in [2.45, 2.75) is 33.6 Å². The van der Waals surface area contributed by atoms with Gasteiger partial charge in [-0.1, -0.05) is 20.8 Å². The molecule has 1 saturated carbocycles. The third-order valence-electron chi connectivity index (χ3n) is 4.26. The van der Waals surface area contributed by atoms with E-state index in [1.54, 1.807) is 0 Å². The van der Waals surface area contributed by atoms with E-state index in [1.807, 2.05) is 0 Å². The van der Waals surface area contributed by atoms with Gasteiger partial charge < -0.3 is 10.1 Å². The van der Waals surface area contributed by atoms with Gasteiger partial charge in [0.05, 0.1) is 0 Å². The van der Waals surface area contributed by atoms with Crippen molar-refractivity contribution < 1.29 is 4.74 Å². The van der Waals surface area contributed by atoms with Gasteiger partial charge in [0, 0.05) is 13.2 Å². The van der Waals surface area contributed by atoms with E-state index in [9.17, 15) is 0 Å². The Morgan fingerprint density at radius 1 is 1.47 bits per heavy atom. The minimum Gasteiger partial charge on any atom is -0.381 e. The van der Waals surface area contributed by atoms with Gasteiger partial charge in [0.2, 0.25) is 0 Å². The van der Waals surface area contributed by atoms with Crippen LogP contribution in [0, 0.1) is 23.2 Å². The summed E-state index contributed by atoms with van der Waals surface area (Å²) < 4.78 is 5.49. The van der Waals surface area contributed by atoms with Gasteiger partial charge in [0.1, 0.15) is 0 Å². The first-order chi connectivity index (χ1) is 7.13. The predicted molar refractivity (Wildman–Crippen MR) is 62.8 cm³/mol. The summed E-state index contributed by atoms with van der Waals surface area (Å²) in [4.78, 5) is 0. The Labute approximate surface area is 93.8 Å². The van der Waals surface area contributed by atoms with Gasteiger partial charge in [-0.05, 0) is 49.1 Å². The van der Waals surface area contributed by atoms with Crippen LogP contribution in [0.3, 0.4) is 0 Å². The van der Waals surface area contributed by atoms with Gasteiger partial charge in [-0.25, -0.2) is 0 Å². The molecular formula is C13H25NO. The minimum absolute atomic E-state index is 0.598. The molecule has 88 valence electrons. The molecule has 0 aromatic carbocycles. The van der Waals surface area contributed by atoms with E-state index >= 15 is 0 Å². The second kappa shape index (κ2) is 4.42. The van der Waals surface area contributed by atoms with Gasteiger partial charge in [-0.3, -0.25) is 0 Å². The summed E-state index contributed by atoms with van der Waals surface area (Å²) in [6, 6.07) is 0. The first kappa shape index (κ1) is 11.4. The maximum atomic E-state index is 5.49. The fourth-order valence-corrected chi connectivity index (χ4v) is 2.88. The molecule has 0 aromatic heterocycles. The van der Waals surface area contributed by atoms with Crippen molar-refractivity contribution in [3.8, 4) is 0 Å². The Kier molecular flexibility index (Phi) is 3.36. The Bertz CT molecular complexity index is 211. The summed E-state index contributed by atoms with van der Waals surface area (Å²) in [7, 11) is 0. The van der Waals surface area contributed by atoms with Crippen LogP contribution < -0.4 is 5.32 Å². The molecule has 2 nitrogen and oxygen atoms in total. The average Bonchev–Trinajstić information content (AvgIpc) is 2.68. The quantitative estimate of drug-likeness (QED) is 0.753. The average molecular weight is 211 g/mol. The summed E-state index contributed by atoms with van der Waals surface area (Å²) in [6.07, 6.45) is 2.70. The molecule has 0 amide bonds. The summed E-state index contributed by atoms with van der Waals surface area (Å²) in [5.74, 6) is 2.51. The molecule has 1 N–H and O–H groups in total. The van der Waals surface area contributed by atoms with Crippen molar-refractivity contribution in [1.29, 1.82) is 0 Å². The zero-order valence-electron chi connectivity index (χ0n) is 10.4. The van der Waals surface area contributed by atoms with Crippen molar-refractivity contribution in [3.63, 3.8) is 0 Å². The van der Waals surface area contributed by atoms with E-state index in [4.69, 9.17) is 4.74 Å². The number of nitrogens with one attached hydrogen (secondary N) is 1. The lowest BCUT2D eigenvalue weighted by Gasteiger charge is -2.18. The summed E-state index contributed by atoms with van der Waals surface area (Å²) in [5, 5.41) is 3.58. The molecule has 2 rings (SSSR count). The van der Waals surface area contributed by atoms with Crippen molar-refractivity contribution in [3.05, 3.63) is 0 Å². The molecule has 15 heavy (non-hydrogen) atoms. The van der Waals surface area contributed by atoms with Crippen LogP contribution in [0.1, 0.15) is 33.6 Å². The van der Waals surface area contributed by atoms with Crippen LogP contribution in [-0.2, 0) is 4.74 Å². The monoisotopic (exact) mass is 211 g/mol. The number of ether oxygens (including phenoxy) is 1. The van der Waals surface area contributed by atoms with Gasteiger partial charge in [0.25, 0.3) is 0 Å². The summed E-state index contributed by atoms with van der Waals surface area (Å²) >= 11 is 0.